The van der Waals surface area contributed by atoms with Crippen LogP contribution in [-0.2, 0) is 12.5 Å². The fraction of sp³-hybridized carbons (Fsp3) is 0.133. The summed E-state index contributed by atoms with van der Waals surface area (Å²) in [6.45, 7) is -0.109. The Bertz CT molecular complexity index is 567. The number of anilines is 1. The summed E-state index contributed by atoms with van der Waals surface area (Å²) in [6, 6.07) is 14.3. The van der Waals surface area contributed by atoms with Crippen LogP contribution in [0.25, 0.3) is 0 Å². The Hall–Kier alpha value is -1.84. The molecule has 0 fully saturated rings. The van der Waals surface area contributed by atoms with E-state index in [9.17, 15) is 9.90 Å². The molecule has 0 radical (unpaired) electrons. The van der Waals surface area contributed by atoms with E-state index in [-0.39, 0.29) is 12.5 Å². The molecule has 0 saturated heterocycles. The van der Waals surface area contributed by atoms with E-state index in [2.05, 4.69) is 5.32 Å². The SMILES string of the molecule is O=C(Nc1ccccc1CO)c1ccc(CCl)cc1. The maximum absolute atomic E-state index is 12.1. The van der Waals surface area contributed by atoms with Crippen molar-refractivity contribution in [1.29, 1.82) is 0 Å². The number of aliphatic hydroxyl groups excluding tert-OH is 1. The Morgan fingerprint density at radius 3 is 2.42 bits per heavy atom. The van der Waals surface area contributed by atoms with Gasteiger partial charge in [-0.3, -0.25) is 4.79 Å². The molecule has 4 heteroatoms. The highest BCUT2D eigenvalue weighted by molar-refractivity contribution is 6.17. The van der Waals surface area contributed by atoms with Gasteiger partial charge < -0.3 is 10.4 Å². The van der Waals surface area contributed by atoms with Gasteiger partial charge in [-0.2, -0.15) is 0 Å². The smallest absolute Gasteiger partial charge is 0.255 e. The van der Waals surface area contributed by atoms with Gasteiger partial charge in [0, 0.05) is 22.7 Å². The molecule has 0 bridgehead atoms. The molecule has 0 saturated carbocycles. The molecule has 0 atom stereocenters. The van der Waals surface area contributed by atoms with E-state index < -0.39 is 0 Å². The van der Waals surface area contributed by atoms with E-state index in [1.165, 1.54) is 0 Å². The minimum Gasteiger partial charge on any atom is -0.392 e. The monoisotopic (exact) mass is 275 g/mol. The van der Waals surface area contributed by atoms with E-state index in [1.807, 2.05) is 24.3 Å². The highest BCUT2D eigenvalue weighted by Gasteiger charge is 2.08. The average molecular weight is 276 g/mol. The number of nitrogens with one attached hydrogen (secondary N) is 1. The summed E-state index contributed by atoms with van der Waals surface area (Å²) in [4.78, 5) is 12.1. The summed E-state index contributed by atoms with van der Waals surface area (Å²) in [5.74, 6) is 0.219. The van der Waals surface area contributed by atoms with Crippen LogP contribution in [0.1, 0.15) is 21.5 Å². The van der Waals surface area contributed by atoms with Gasteiger partial charge in [-0.1, -0.05) is 30.3 Å². The number of benzene rings is 2. The third kappa shape index (κ3) is 3.34. The Kier molecular flexibility index (Phi) is 4.55. The highest BCUT2D eigenvalue weighted by Crippen LogP contribution is 2.16. The quantitative estimate of drug-likeness (QED) is 0.842. The van der Waals surface area contributed by atoms with Crippen LogP contribution in [0.4, 0.5) is 5.69 Å². The highest BCUT2D eigenvalue weighted by atomic mass is 35.5. The molecule has 98 valence electrons. The van der Waals surface area contributed by atoms with Crippen molar-refractivity contribution in [2.75, 3.05) is 5.32 Å². The van der Waals surface area contributed by atoms with Gasteiger partial charge in [-0.05, 0) is 23.8 Å². The van der Waals surface area contributed by atoms with Crippen molar-refractivity contribution in [3.05, 3.63) is 65.2 Å². The molecule has 0 aliphatic heterocycles. The molecular formula is C15H14ClNO2. The molecule has 2 aromatic rings. The minimum absolute atomic E-state index is 0.109. The van der Waals surface area contributed by atoms with Crippen molar-refractivity contribution in [3.8, 4) is 0 Å². The van der Waals surface area contributed by atoms with Crippen molar-refractivity contribution >= 4 is 23.2 Å². The van der Waals surface area contributed by atoms with Crippen LogP contribution in [-0.4, -0.2) is 11.0 Å². The van der Waals surface area contributed by atoms with Gasteiger partial charge in [0.2, 0.25) is 0 Å². The lowest BCUT2D eigenvalue weighted by Crippen LogP contribution is -2.13. The second-order valence-electron chi connectivity index (χ2n) is 4.10. The van der Waals surface area contributed by atoms with Crippen molar-refractivity contribution in [3.63, 3.8) is 0 Å². The van der Waals surface area contributed by atoms with Gasteiger partial charge in [-0.15, -0.1) is 11.6 Å². The predicted octanol–water partition coefficient (Wildman–Crippen LogP) is 3.17. The second-order valence-corrected chi connectivity index (χ2v) is 4.37. The number of rotatable bonds is 4. The van der Waals surface area contributed by atoms with Gasteiger partial charge in [-0.25, -0.2) is 0 Å². The maximum Gasteiger partial charge on any atom is 0.255 e. The molecule has 2 rings (SSSR count). The molecule has 3 nitrogen and oxygen atoms in total. The van der Waals surface area contributed by atoms with E-state index in [0.29, 0.717) is 22.7 Å². The largest absolute Gasteiger partial charge is 0.392 e. The number of halogens is 1. The first-order valence-electron chi connectivity index (χ1n) is 5.89. The molecular weight excluding hydrogens is 262 g/mol. The molecule has 0 aromatic heterocycles. The minimum atomic E-state index is -0.206. The first-order chi connectivity index (χ1) is 9.24. The summed E-state index contributed by atoms with van der Waals surface area (Å²) >= 11 is 5.70. The van der Waals surface area contributed by atoms with Crippen LogP contribution in [0, 0.1) is 0 Å². The number of carbonyl (C=O) groups is 1. The Morgan fingerprint density at radius 2 is 1.79 bits per heavy atom. The second kappa shape index (κ2) is 6.36. The summed E-state index contributed by atoms with van der Waals surface area (Å²) in [5.41, 5.74) is 2.83. The molecule has 19 heavy (non-hydrogen) atoms. The molecule has 0 unspecified atom stereocenters. The van der Waals surface area contributed by atoms with E-state index >= 15 is 0 Å². The molecule has 2 N–H and O–H groups in total. The number of para-hydroxylation sites is 1. The van der Waals surface area contributed by atoms with E-state index in [4.69, 9.17) is 11.6 Å². The van der Waals surface area contributed by atoms with Crippen LogP contribution in [0.15, 0.2) is 48.5 Å². The lowest BCUT2D eigenvalue weighted by atomic mass is 10.1. The standard InChI is InChI=1S/C15H14ClNO2/c16-9-11-5-7-12(8-6-11)15(19)17-14-4-2-1-3-13(14)10-18/h1-8,18H,9-10H2,(H,17,19). The van der Waals surface area contributed by atoms with Crippen molar-refractivity contribution < 1.29 is 9.90 Å². The molecule has 0 spiro atoms. The lowest BCUT2D eigenvalue weighted by Gasteiger charge is -2.09. The summed E-state index contributed by atoms with van der Waals surface area (Å²) in [6.07, 6.45) is 0. The molecule has 0 heterocycles. The van der Waals surface area contributed by atoms with Crippen LogP contribution < -0.4 is 5.32 Å². The van der Waals surface area contributed by atoms with Crippen molar-refractivity contribution in [1.82, 2.24) is 0 Å². The van der Waals surface area contributed by atoms with Gasteiger partial charge in [0.1, 0.15) is 0 Å². The third-order valence-electron chi connectivity index (χ3n) is 2.81. The van der Waals surface area contributed by atoms with Gasteiger partial charge in [0.25, 0.3) is 5.91 Å². The van der Waals surface area contributed by atoms with E-state index in [1.54, 1.807) is 24.3 Å². The van der Waals surface area contributed by atoms with Gasteiger partial charge in [0.05, 0.1) is 6.61 Å². The van der Waals surface area contributed by atoms with Crippen LogP contribution in [0.3, 0.4) is 0 Å². The topological polar surface area (TPSA) is 49.3 Å². The summed E-state index contributed by atoms with van der Waals surface area (Å²) in [5, 5.41) is 12.0. The Morgan fingerprint density at radius 1 is 1.11 bits per heavy atom. The number of amides is 1. The van der Waals surface area contributed by atoms with Gasteiger partial charge >= 0.3 is 0 Å². The Balaban J connectivity index is 2.16. The fourth-order valence-electron chi connectivity index (χ4n) is 1.72. The number of aliphatic hydroxyl groups is 1. The number of hydrogen-bond acceptors (Lipinski definition) is 2. The van der Waals surface area contributed by atoms with E-state index in [0.717, 1.165) is 5.56 Å². The Labute approximate surface area is 116 Å². The van der Waals surface area contributed by atoms with Crippen LogP contribution >= 0.6 is 11.6 Å². The van der Waals surface area contributed by atoms with Crippen molar-refractivity contribution in [2.24, 2.45) is 0 Å². The third-order valence-corrected chi connectivity index (χ3v) is 3.11. The zero-order chi connectivity index (χ0) is 13.7. The summed E-state index contributed by atoms with van der Waals surface area (Å²) < 4.78 is 0. The molecule has 0 aliphatic rings. The first-order valence-corrected chi connectivity index (χ1v) is 6.43. The molecule has 1 amide bonds. The lowest BCUT2D eigenvalue weighted by molar-refractivity contribution is 0.102. The first kappa shape index (κ1) is 13.6. The van der Waals surface area contributed by atoms with Gasteiger partial charge in [0.15, 0.2) is 0 Å². The zero-order valence-electron chi connectivity index (χ0n) is 10.3. The number of hydrogen-bond donors (Lipinski definition) is 2. The normalized spacial score (nSPS) is 10.2. The maximum atomic E-state index is 12.1. The van der Waals surface area contributed by atoms with Crippen LogP contribution in [0.5, 0.6) is 0 Å². The zero-order valence-corrected chi connectivity index (χ0v) is 11.0. The number of alkyl halides is 1. The fourth-order valence-corrected chi connectivity index (χ4v) is 1.90. The molecule has 0 aliphatic carbocycles. The predicted molar refractivity (Wildman–Crippen MR) is 76.3 cm³/mol. The molecule has 2 aromatic carbocycles. The number of carbonyl (C=O) groups excluding carboxylic acids is 1. The van der Waals surface area contributed by atoms with Crippen LogP contribution in [0.2, 0.25) is 0 Å². The average Bonchev–Trinajstić information content (AvgIpc) is 2.48. The van der Waals surface area contributed by atoms with Crippen molar-refractivity contribution in [2.45, 2.75) is 12.5 Å². The summed E-state index contributed by atoms with van der Waals surface area (Å²) in [7, 11) is 0.